The molecule has 30 heavy (non-hydrogen) atoms. The molecule has 7 heteroatoms. The van der Waals surface area contributed by atoms with E-state index in [-0.39, 0.29) is 0 Å². The van der Waals surface area contributed by atoms with Gasteiger partial charge in [0.25, 0.3) is 0 Å². The minimum Gasteiger partial charge on any atom is -0.495 e. The Hall–Kier alpha value is -2.22. The molecule has 3 aromatic carbocycles. The average molecular weight is 534 g/mol. The summed E-state index contributed by atoms with van der Waals surface area (Å²) in [5.41, 5.74) is 2.87. The molecule has 0 aliphatic carbocycles. The monoisotopic (exact) mass is 532 g/mol. The number of hydrogen-bond acceptors (Lipinski definition) is 4. The van der Waals surface area contributed by atoms with Crippen LogP contribution >= 0.6 is 31.9 Å². The van der Waals surface area contributed by atoms with Crippen molar-refractivity contribution in [2.24, 2.45) is 0 Å². The topological polar surface area (TPSA) is 55.7 Å². The van der Waals surface area contributed by atoms with Crippen LogP contribution in [0.4, 0.5) is 5.69 Å². The third-order valence-corrected chi connectivity index (χ3v) is 6.18. The summed E-state index contributed by atoms with van der Waals surface area (Å²) in [6.45, 7) is 0.834. The highest BCUT2D eigenvalue weighted by Crippen LogP contribution is 2.45. The summed E-state index contributed by atoms with van der Waals surface area (Å²) in [5.74, 6) is 1.46. The van der Waals surface area contributed by atoms with Crippen molar-refractivity contribution in [2.45, 2.75) is 12.6 Å². The Balaban J connectivity index is 1.81. The third kappa shape index (κ3) is 3.89. The highest BCUT2D eigenvalue weighted by atomic mass is 79.9. The van der Waals surface area contributed by atoms with Crippen molar-refractivity contribution in [3.8, 4) is 11.5 Å². The standard InChI is InChI=1S/C23H22Br2N2O3/c1-29-20-11-18(25)23(30-2)21-17-10-14(24)8-9-19(17)27(22(20)21)13-16(28)12-26-15-6-4-3-5-7-15/h3-11,16,26,28H,12-13H2,1-2H3. The highest BCUT2D eigenvalue weighted by molar-refractivity contribution is 9.10. The Labute approximate surface area is 191 Å². The maximum Gasteiger partial charge on any atom is 0.144 e. The third-order valence-electron chi connectivity index (χ3n) is 5.09. The van der Waals surface area contributed by atoms with Crippen LogP contribution in [0.5, 0.6) is 11.5 Å². The number of rotatable bonds is 7. The van der Waals surface area contributed by atoms with E-state index in [4.69, 9.17) is 9.47 Å². The summed E-state index contributed by atoms with van der Waals surface area (Å²) in [5, 5.41) is 16.1. The van der Waals surface area contributed by atoms with Gasteiger partial charge in [0, 0.05) is 33.7 Å². The van der Waals surface area contributed by atoms with Gasteiger partial charge in [-0.15, -0.1) is 0 Å². The molecule has 0 saturated heterocycles. The van der Waals surface area contributed by atoms with Crippen molar-refractivity contribution in [3.05, 3.63) is 63.5 Å². The quantitative estimate of drug-likeness (QED) is 0.315. The molecule has 0 bridgehead atoms. The zero-order valence-corrected chi connectivity index (χ0v) is 19.8. The molecule has 0 fully saturated rings. The molecule has 0 radical (unpaired) electrons. The highest BCUT2D eigenvalue weighted by Gasteiger charge is 2.22. The summed E-state index contributed by atoms with van der Waals surface area (Å²) in [7, 11) is 3.31. The second-order valence-electron chi connectivity index (χ2n) is 6.99. The summed E-state index contributed by atoms with van der Waals surface area (Å²) < 4.78 is 15.3. The van der Waals surface area contributed by atoms with Gasteiger partial charge in [0.1, 0.15) is 11.5 Å². The van der Waals surface area contributed by atoms with E-state index in [2.05, 4.69) is 47.8 Å². The summed E-state index contributed by atoms with van der Waals surface area (Å²) in [4.78, 5) is 0. The molecule has 0 spiro atoms. The Kier molecular flexibility index (Phi) is 6.22. The van der Waals surface area contributed by atoms with E-state index in [1.165, 1.54) is 0 Å². The molecule has 1 atom stereocenters. The molecule has 2 N–H and O–H groups in total. The first kappa shape index (κ1) is 21.0. The minimum atomic E-state index is -0.605. The number of nitrogens with zero attached hydrogens (tertiary/aromatic N) is 1. The van der Waals surface area contributed by atoms with Crippen molar-refractivity contribution in [3.63, 3.8) is 0 Å². The van der Waals surface area contributed by atoms with Crippen LogP contribution in [0.3, 0.4) is 0 Å². The number of benzene rings is 3. The second kappa shape index (κ2) is 8.88. The van der Waals surface area contributed by atoms with Crippen LogP contribution in [-0.4, -0.2) is 36.5 Å². The maximum atomic E-state index is 10.8. The molecule has 156 valence electrons. The van der Waals surface area contributed by atoms with Crippen LogP contribution in [0.1, 0.15) is 0 Å². The second-order valence-corrected chi connectivity index (χ2v) is 8.76. The molecule has 4 aromatic rings. The lowest BCUT2D eigenvalue weighted by atomic mass is 10.1. The summed E-state index contributed by atoms with van der Waals surface area (Å²) >= 11 is 7.18. The lowest BCUT2D eigenvalue weighted by Gasteiger charge is -2.17. The molecule has 1 heterocycles. The van der Waals surface area contributed by atoms with Gasteiger partial charge < -0.3 is 24.5 Å². The first-order valence-corrected chi connectivity index (χ1v) is 11.1. The van der Waals surface area contributed by atoms with Crippen LogP contribution in [0.15, 0.2) is 63.5 Å². The van der Waals surface area contributed by atoms with Gasteiger partial charge >= 0.3 is 0 Å². The fraction of sp³-hybridized carbons (Fsp3) is 0.217. The SMILES string of the molecule is COc1c(Br)cc(OC)c2c1c1cc(Br)ccc1n2CC(O)CNc1ccccc1. The van der Waals surface area contributed by atoms with Gasteiger partial charge in [0.15, 0.2) is 0 Å². The number of aliphatic hydroxyl groups is 1. The summed E-state index contributed by atoms with van der Waals surface area (Å²) in [6, 6.07) is 17.9. The van der Waals surface area contributed by atoms with E-state index in [0.717, 1.165) is 42.2 Å². The van der Waals surface area contributed by atoms with Crippen LogP contribution in [0.25, 0.3) is 21.8 Å². The number of anilines is 1. The molecule has 0 amide bonds. The zero-order chi connectivity index (χ0) is 21.3. The van der Waals surface area contributed by atoms with Crippen molar-refractivity contribution in [1.29, 1.82) is 0 Å². The molecule has 0 aliphatic heterocycles. The molecule has 1 aromatic heterocycles. The van der Waals surface area contributed by atoms with Crippen molar-refractivity contribution >= 4 is 59.4 Å². The number of nitrogens with one attached hydrogen (secondary N) is 1. The fourth-order valence-corrected chi connectivity index (χ4v) is 4.72. The van der Waals surface area contributed by atoms with E-state index in [9.17, 15) is 5.11 Å². The molecule has 4 rings (SSSR count). The molecule has 0 aliphatic rings. The fourth-order valence-electron chi connectivity index (χ4n) is 3.79. The van der Waals surface area contributed by atoms with E-state index < -0.39 is 6.10 Å². The normalized spacial score (nSPS) is 12.3. The Morgan fingerprint density at radius 3 is 2.50 bits per heavy atom. The Morgan fingerprint density at radius 1 is 1.03 bits per heavy atom. The van der Waals surface area contributed by atoms with Gasteiger partial charge in [-0.3, -0.25) is 0 Å². The van der Waals surface area contributed by atoms with Crippen LogP contribution in [0.2, 0.25) is 0 Å². The Bertz CT molecular complexity index is 1190. The molecule has 0 saturated carbocycles. The smallest absolute Gasteiger partial charge is 0.144 e. The lowest BCUT2D eigenvalue weighted by Crippen LogP contribution is -2.24. The number of aromatic nitrogens is 1. The van der Waals surface area contributed by atoms with Crippen LogP contribution in [0, 0.1) is 0 Å². The molecule has 5 nitrogen and oxygen atoms in total. The number of ether oxygens (including phenoxy) is 2. The number of methoxy groups -OCH3 is 2. The first-order chi connectivity index (χ1) is 14.5. The lowest BCUT2D eigenvalue weighted by molar-refractivity contribution is 0.169. The predicted molar refractivity (Wildman–Crippen MR) is 129 cm³/mol. The first-order valence-electron chi connectivity index (χ1n) is 9.52. The van der Waals surface area contributed by atoms with E-state index in [1.807, 2.05) is 48.5 Å². The molecular formula is C23H22Br2N2O3. The zero-order valence-electron chi connectivity index (χ0n) is 16.7. The van der Waals surface area contributed by atoms with E-state index in [1.54, 1.807) is 14.2 Å². The van der Waals surface area contributed by atoms with E-state index >= 15 is 0 Å². The Morgan fingerprint density at radius 2 is 1.80 bits per heavy atom. The van der Waals surface area contributed by atoms with Crippen molar-refractivity contribution in [1.82, 2.24) is 4.57 Å². The summed E-state index contributed by atoms with van der Waals surface area (Å²) in [6.07, 6.45) is -0.605. The van der Waals surface area contributed by atoms with E-state index in [0.29, 0.717) is 18.8 Å². The number of halogens is 2. The van der Waals surface area contributed by atoms with Crippen LogP contribution in [-0.2, 0) is 6.54 Å². The average Bonchev–Trinajstić information content (AvgIpc) is 3.06. The van der Waals surface area contributed by atoms with Crippen molar-refractivity contribution in [2.75, 3.05) is 26.1 Å². The number of para-hydroxylation sites is 1. The van der Waals surface area contributed by atoms with Gasteiger partial charge in [-0.1, -0.05) is 34.1 Å². The van der Waals surface area contributed by atoms with Gasteiger partial charge in [-0.05, 0) is 46.3 Å². The molecular weight excluding hydrogens is 512 g/mol. The van der Waals surface area contributed by atoms with Crippen molar-refractivity contribution < 1.29 is 14.6 Å². The predicted octanol–water partition coefficient (Wildman–Crippen LogP) is 5.81. The van der Waals surface area contributed by atoms with Crippen LogP contribution < -0.4 is 14.8 Å². The largest absolute Gasteiger partial charge is 0.495 e. The number of aliphatic hydroxyl groups excluding tert-OH is 1. The van der Waals surface area contributed by atoms with Gasteiger partial charge in [-0.2, -0.15) is 0 Å². The van der Waals surface area contributed by atoms with Gasteiger partial charge in [-0.25, -0.2) is 0 Å². The van der Waals surface area contributed by atoms with Gasteiger partial charge in [0.05, 0.1) is 42.2 Å². The maximum absolute atomic E-state index is 10.8. The van der Waals surface area contributed by atoms with Gasteiger partial charge in [0.2, 0.25) is 0 Å². The number of hydrogen-bond donors (Lipinski definition) is 2. The minimum absolute atomic E-state index is 0.405. The molecule has 1 unspecified atom stereocenters. The number of fused-ring (bicyclic) bond motifs is 3.